The van der Waals surface area contributed by atoms with Crippen molar-refractivity contribution >= 4 is 11.9 Å². The number of unbranched alkanes of at least 4 members (excludes halogenated alkanes) is 37. The highest BCUT2D eigenvalue weighted by Crippen LogP contribution is 2.17. The molecule has 0 aromatic rings. The van der Waals surface area contributed by atoms with Crippen LogP contribution in [-0.4, -0.2) is 47.4 Å². The monoisotopic (exact) mass is 848 g/mol. The van der Waals surface area contributed by atoms with Gasteiger partial charge in [0.1, 0.15) is 0 Å². The minimum absolute atomic E-state index is 0.00298. The number of aliphatic hydroxyl groups is 2. The van der Waals surface area contributed by atoms with Gasteiger partial charge in [-0.05, 0) is 51.4 Å². The minimum Gasteiger partial charge on any atom is -0.466 e. The largest absolute Gasteiger partial charge is 0.466 e. The number of ether oxygens (including phenoxy) is 1. The summed E-state index contributed by atoms with van der Waals surface area (Å²) in [6, 6.07) is -0.544. The van der Waals surface area contributed by atoms with Crippen LogP contribution in [0, 0.1) is 0 Å². The molecule has 60 heavy (non-hydrogen) atoms. The second kappa shape index (κ2) is 50.2. The fourth-order valence-electron chi connectivity index (χ4n) is 8.40. The Hall–Kier alpha value is -1.40. The first-order valence-corrected chi connectivity index (χ1v) is 26.9. The molecule has 2 atom stereocenters. The van der Waals surface area contributed by atoms with Gasteiger partial charge in [0.15, 0.2) is 0 Å². The Morgan fingerprint density at radius 1 is 0.450 bits per heavy atom. The summed E-state index contributed by atoms with van der Waals surface area (Å²) < 4.78 is 5.46. The van der Waals surface area contributed by atoms with Crippen LogP contribution in [-0.2, 0) is 14.3 Å². The van der Waals surface area contributed by atoms with Crippen LogP contribution < -0.4 is 5.32 Å². The Labute approximate surface area is 374 Å². The molecular formula is C54H105NO5. The van der Waals surface area contributed by atoms with Gasteiger partial charge < -0.3 is 20.3 Å². The van der Waals surface area contributed by atoms with E-state index in [2.05, 4.69) is 31.3 Å². The van der Waals surface area contributed by atoms with Crippen LogP contribution >= 0.6 is 0 Å². The van der Waals surface area contributed by atoms with Gasteiger partial charge in [-0.25, -0.2) is 0 Å². The molecule has 0 radical (unpaired) electrons. The van der Waals surface area contributed by atoms with Gasteiger partial charge in [0.2, 0.25) is 5.91 Å². The van der Waals surface area contributed by atoms with Crippen LogP contribution in [0.1, 0.15) is 296 Å². The fraction of sp³-hybridized carbons (Fsp3) is 0.926. The third kappa shape index (κ3) is 46.1. The zero-order valence-electron chi connectivity index (χ0n) is 40.5. The molecule has 1 amide bonds. The van der Waals surface area contributed by atoms with Crippen LogP contribution in [0.4, 0.5) is 0 Å². The van der Waals surface area contributed by atoms with Crippen molar-refractivity contribution in [3.05, 3.63) is 12.2 Å². The van der Waals surface area contributed by atoms with Gasteiger partial charge in [-0.2, -0.15) is 0 Å². The molecule has 0 aliphatic rings. The lowest BCUT2D eigenvalue weighted by molar-refractivity contribution is -0.143. The average molecular weight is 848 g/mol. The Balaban J connectivity index is 3.40. The molecule has 2 unspecified atom stereocenters. The Bertz CT molecular complexity index is 893. The molecule has 0 aliphatic carbocycles. The first kappa shape index (κ1) is 58.6. The number of hydrogen-bond acceptors (Lipinski definition) is 5. The second-order valence-corrected chi connectivity index (χ2v) is 18.6. The molecule has 0 spiro atoms. The number of amides is 1. The third-order valence-corrected chi connectivity index (χ3v) is 12.6. The van der Waals surface area contributed by atoms with Crippen LogP contribution in [0.15, 0.2) is 12.2 Å². The van der Waals surface area contributed by atoms with Crippen molar-refractivity contribution in [2.45, 2.75) is 309 Å². The lowest BCUT2D eigenvalue weighted by Crippen LogP contribution is -2.45. The standard InChI is InChI=1S/C54H105NO5/c1-3-5-7-9-11-13-15-17-24-28-32-36-40-44-48-54(59)60-49-45-41-37-33-29-25-22-20-18-19-21-23-27-31-35-39-43-47-53(58)55-51(50-56)52(57)46-42-38-34-30-26-16-14-12-10-8-6-4-2/h15,17,51-52,56-57H,3-14,16,18-50H2,1-2H3,(H,55,58)/b17-15-. The van der Waals surface area contributed by atoms with Crippen molar-refractivity contribution in [1.29, 1.82) is 0 Å². The minimum atomic E-state index is -0.666. The van der Waals surface area contributed by atoms with Gasteiger partial charge in [-0.1, -0.05) is 244 Å². The zero-order chi connectivity index (χ0) is 43.7. The van der Waals surface area contributed by atoms with Crippen molar-refractivity contribution in [3.8, 4) is 0 Å². The summed E-state index contributed by atoms with van der Waals surface area (Å²) in [7, 11) is 0. The topological polar surface area (TPSA) is 95.9 Å². The van der Waals surface area contributed by atoms with Gasteiger partial charge in [0.05, 0.1) is 25.4 Å². The van der Waals surface area contributed by atoms with Gasteiger partial charge in [0, 0.05) is 12.8 Å². The number of allylic oxidation sites excluding steroid dienone is 2. The molecule has 356 valence electrons. The lowest BCUT2D eigenvalue weighted by Gasteiger charge is -2.22. The zero-order valence-corrected chi connectivity index (χ0v) is 40.5. The number of esters is 1. The molecule has 6 heteroatoms. The first-order chi connectivity index (χ1) is 29.5. The lowest BCUT2D eigenvalue weighted by atomic mass is 10.0. The summed E-state index contributed by atoms with van der Waals surface area (Å²) in [4.78, 5) is 24.5. The highest BCUT2D eigenvalue weighted by molar-refractivity contribution is 5.76. The fourth-order valence-corrected chi connectivity index (χ4v) is 8.40. The Morgan fingerprint density at radius 2 is 0.783 bits per heavy atom. The van der Waals surface area contributed by atoms with E-state index in [9.17, 15) is 19.8 Å². The van der Waals surface area contributed by atoms with E-state index < -0.39 is 12.1 Å². The van der Waals surface area contributed by atoms with Gasteiger partial charge in [0.25, 0.3) is 0 Å². The quantitative estimate of drug-likeness (QED) is 0.0322. The van der Waals surface area contributed by atoms with E-state index in [0.29, 0.717) is 25.9 Å². The van der Waals surface area contributed by atoms with Gasteiger partial charge >= 0.3 is 5.97 Å². The molecule has 0 aromatic carbocycles. The van der Waals surface area contributed by atoms with Crippen molar-refractivity contribution in [1.82, 2.24) is 5.32 Å². The predicted octanol–water partition coefficient (Wildman–Crippen LogP) is 16.1. The maximum absolute atomic E-state index is 12.4. The summed E-state index contributed by atoms with van der Waals surface area (Å²) in [5.74, 6) is -0.0432. The Kier molecular flexibility index (Phi) is 49.1. The summed E-state index contributed by atoms with van der Waals surface area (Å²) in [6.07, 6.45) is 57.6. The Morgan fingerprint density at radius 3 is 1.18 bits per heavy atom. The van der Waals surface area contributed by atoms with Crippen LogP contribution in [0.3, 0.4) is 0 Å². The number of carbonyl (C=O) groups excluding carboxylic acids is 2. The number of aliphatic hydroxyl groups excluding tert-OH is 2. The van der Waals surface area contributed by atoms with E-state index in [-0.39, 0.29) is 18.5 Å². The first-order valence-electron chi connectivity index (χ1n) is 26.9. The summed E-state index contributed by atoms with van der Waals surface area (Å²) in [5.41, 5.74) is 0. The van der Waals surface area contributed by atoms with Crippen molar-refractivity contribution in [3.63, 3.8) is 0 Å². The van der Waals surface area contributed by atoms with Crippen molar-refractivity contribution in [2.75, 3.05) is 13.2 Å². The second-order valence-electron chi connectivity index (χ2n) is 18.6. The highest BCUT2D eigenvalue weighted by Gasteiger charge is 2.20. The molecule has 0 fully saturated rings. The molecule has 0 saturated carbocycles. The van der Waals surface area contributed by atoms with Crippen LogP contribution in [0.25, 0.3) is 0 Å². The van der Waals surface area contributed by atoms with E-state index in [1.807, 2.05) is 0 Å². The predicted molar refractivity (Wildman–Crippen MR) is 260 cm³/mol. The van der Waals surface area contributed by atoms with Crippen molar-refractivity contribution in [2.24, 2.45) is 0 Å². The normalized spacial score (nSPS) is 12.7. The van der Waals surface area contributed by atoms with Gasteiger partial charge in [-0.15, -0.1) is 0 Å². The van der Waals surface area contributed by atoms with E-state index in [1.54, 1.807) is 0 Å². The van der Waals surface area contributed by atoms with Crippen LogP contribution in [0.5, 0.6) is 0 Å². The summed E-state index contributed by atoms with van der Waals surface area (Å²) in [6.45, 7) is 4.93. The SMILES string of the molecule is CCCCCCC/C=C\CCCCCCCC(=O)OCCCCCCCCCCCCCCCCCCCC(=O)NC(CO)C(O)CCCCCCCCCCCCCC. The smallest absolute Gasteiger partial charge is 0.305 e. The van der Waals surface area contributed by atoms with Crippen LogP contribution in [0.2, 0.25) is 0 Å². The number of carbonyl (C=O) groups is 2. The molecule has 0 rings (SSSR count). The number of hydrogen-bond donors (Lipinski definition) is 3. The molecule has 0 bridgehead atoms. The maximum Gasteiger partial charge on any atom is 0.305 e. The van der Waals surface area contributed by atoms with E-state index in [4.69, 9.17) is 4.74 Å². The molecule has 6 nitrogen and oxygen atoms in total. The molecule has 0 heterocycles. The summed E-state index contributed by atoms with van der Waals surface area (Å²) >= 11 is 0. The van der Waals surface area contributed by atoms with E-state index in [0.717, 1.165) is 44.9 Å². The number of nitrogens with one attached hydrogen (secondary N) is 1. The summed E-state index contributed by atoms with van der Waals surface area (Å²) in [5, 5.41) is 23.2. The maximum atomic E-state index is 12.4. The molecule has 3 N–H and O–H groups in total. The average Bonchev–Trinajstić information content (AvgIpc) is 3.25. The van der Waals surface area contributed by atoms with E-state index >= 15 is 0 Å². The van der Waals surface area contributed by atoms with Crippen molar-refractivity contribution < 1.29 is 24.5 Å². The van der Waals surface area contributed by atoms with Gasteiger partial charge in [-0.3, -0.25) is 9.59 Å². The third-order valence-electron chi connectivity index (χ3n) is 12.6. The van der Waals surface area contributed by atoms with E-state index in [1.165, 1.54) is 218 Å². The molecular weight excluding hydrogens is 743 g/mol. The highest BCUT2D eigenvalue weighted by atomic mass is 16.5. The molecule has 0 aliphatic heterocycles. The number of rotatable bonds is 50. The molecule has 0 saturated heterocycles. The molecule has 0 aromatic heterocycles.